The summed E-state index contributed by atoms with van der Waals surface area (Å²) in [6.45, 7) is 3.48. The molecule has 7 heteroatoms. The number of pyridine rings is 1. The Morgan fingerprint density at radius 2 is 1.95 bits per heavy atom. The zero-order valence-corrected chi connectivity index (χ0v) is 21.3. The number of hydrogen-bond donors (Lipinski definition) is 1. The number of nitrogens with zero attached hydrogens (tertiary/aromatic N) is 4. The number of aliphatic hydroxyl groups excluding tert-OH is 1. The molecule has 2 heterocycles. The van der Waals surface area contributed by atoms with Crippen molar-refractivity contribution in [2.75, 3.05) is 0 Å². The smallest absolute Gasteiger partial charge is 0.220 e. The summed E-state index contributed by atoms with van der Waals surface area (Å²) in [6.07, 6.45) is 6.46. The van der Waals surface area contributed by atoms with Crippen molar-refractivity contribution in [3.05, 3.63) is 58.6 Å². The molecule has 190 valence electrons. The van der Waals surface area contributed by atoms with E-state index in [0.717, 1.165) is 60.7 Å². The summed E-state index contributed by atoms with van der Waals surface area (Å²) in [5, 5.41) is 21.4. The summed E-state index contributed by atoms with van der Waals surface area (Å²) in [7, 11) is 0. The lowest BCUT2D eigenvalue weighted by Gasteiger charge is -2.48. The quantitative estimate of drug-likeness (QED) is 0.431. The Kier molecular flexibility index (Phi) is 5.86. The van der Waals surface area contributed by atoms with Crippen molar-refractivity contribution in [3.8, 4) is 23.3 Å². The van der Waals surface area contributed by atoms with Crippen molar-refractivity contribution in [3.63, 3.8) is 0 Å². The molecule has 0 aliphatic heterocycles. The van der Waals surface area contributed by atoms with Crippen LogP contribution < -0.4 is 4.74 Å². The third-order valence-corrected chi connectivity index (χ3v) is 8.78. The topological polar surface area (TPSA) is 91.9 Å². The number of aliphatic hydroxyl groups is 1. The Labute approximate surface area is 216 Å². The summed E-state index contributed by atoms with van der Waals surface area (Å²) >= 11 is 0. The number of benzene rings is 1. The van der Waals surface area contributed by atoms with Crippen LogP contribution in [0, 0.1) is 23.2 Å². The van der Waals surface area contributed by atoms with Gasteiger partial charge in [-0.05, 0) is 63.0 Å². The van der Waals surface area contributed by atoms with E-state index in [4.69, 9.17) is 14.7 Å². The fourth-order valence-corrected chi connectivity index (χ4v) is 6.86. The van der Waals surface area contributed by atoms with Gasteiger partial charge in [-0.3, -0.25) is 0 Å². The highest BCUT2D eigenvalue weighted by Gasteiger charge is 2.50. The van der Waals surface area contributed by atoms with Crippen molar-refractivity contribution in [2.24, 2.45) is 11.8 Å². The number of ether oxygens (including phenoxy) is 1. The van der Waals surface area contributed by atoms with Crippen molar-refractivity contribution < 1.29 is 14.2 Å². The number of hydrogen-bond acceptors (Lipinski definition) is 6. The van der Waals surface area contributed by atoms with Gasteiger partial charge in [-0.1, -0.05) is 32.0 Å². The lowest BCUT2D eigenvalue weighted by Crippen LogP contribution is -2.45. The first-order valence-electron chi connectivity index (χ1n) is 13.3. The first-order chi connectivity index (χ1) is 17.9. The van der Waals surface area contributed by atoms with Crippen molar-refractivity contribution in [1.82, 2.24) is 15.0 Å². The highest BCUT2D eigenvalue weighted by Crippen LogP contribution is 2.54. The first kappa shape index (κ1) is 23.8. The molecular weight excluding hydrogens is 467 g/mol. The molecular formula is C30H31FN4O2. The maximum Gasteiger partial charge on any atom is 0.220 e. The van der Waals surface area contributed by atoms with E-state index in [9.17, 15) is 14.8 Å². The summed E-state index contributed by atoms with van der Waals surface area (Å²) in [6, 6.07) is 11.6. The van der Waals surface area contributed by atoms with E-state index in [1.54, 1.807) is 6.07 Å². The van der Waals surface area contributed by atoms with E-state index in [-0.39, 0.29) is 23.7 Å². The van der Waals surface area contributed by atoms with Gasteiger partial charge in [0.2, 0.25) is 5.88 Å². The highest BCUT2D eigenvalue weighted by atomic mass is 19.1. The number of rotatable bonds is 4. The fraction of sp³-hybridized carbons (Fsp3) is 0.467. The molecule has 6 nitrogen and oxygen atoms in total. The Morgan fingerprint density at radius 1 is 1.16 bits per heavy atom. The van der Waals surface area contributed by atoms with Gasteiger partial charge in [-0.25, -0.2) is 14.4 Å². The largest absolute Gasteiger partial charge is 0.511 e. The van der Waals surface area contributed by atoms with Crippen LogP contribution in [0.2, 0.25) is 0 Å². The number of fused-ring (bicyclic) bond motifs is 4. The molecule has 2 aromatic heterocycles. The Bertz CT molecular complexity index is 1460. The van der Waals surface area contributed by atoms with Gasteiger partial charge in [0.1, 0.15) is 18.5 Å². The van der Waals surface area contributed by atoms with Gasteiger partial charge in [0, 0.05) is 27.8 Å². The number of para-hydroxylation sites is 1. The molecule has 0 radical (unpaired) electrons. The number of allylic oxidation sites excluding steroid dienone is 2. The fourth-order valence-electron chi connectivity index (χ4n) is 6.86. The molecule has 0 spiro atoms. The van der Waals surface area contributed by atoms with Gasteiger partial charge >= 0.3 is 0 Å². The van der Waals surface area contributed by atoms with Crippen LogP contribution in [0.25, 0.3) is 22.3 Å². The molecule has 1 aromatic carbocycles. The zero-order chi connectivity index (χ0) is 25.7. The molecule has 1 saturated carbocycles. The minimum atomic E-state index is -0.679. The molecule has 3 aromatic rings. The normalized spacial score (nSPS) is 25.6. The minimum absolute atomic E-state index is 0.122. The Balaban J connectivity index is 1.59. The van der Waals surface area contributed by atoms with Crippen LogP contribution in [0.5, 0.6) is 5.88 Å². The van der Waals surface area contributed by atoms with E-state index < -0.39 is 12.1 Å². The second kappa shape index (κ2) is 9.09. The highest BCUT2D eigenvalue weighted by molar-refractivity contribution is 5.93. The van der Waals surface area contributed by atoms with Crippen LogP contribution in [-0.4, -0.2) is 26.2 Å². The number of halogens is 1. The summed E-state index contributed by atoms with van der Waals surface area (Å²) < 4.78 is 20.4. The lowest BCUT2D eigenvalue weighted by molar-refractivity contribution is 0.131. The van der Waals surface area contributed by atoms with E-state index >= 15 is 0 Å². The van der Waals surface area contributed by atoms with Crippen LogP contribution >= 0.6 is 0 Å². The average Bonchev–Trinajstić information content (AvgIpc) is 3.43. The summed E-state index contributed by atoms with van der Waals surface area (Å²) in [4.78, 5) is 14.6. The van der Waals surface area contributed by atoms with Gasteiger partial charge in [-0.15, -0.1) is 0 Å². The molecule has 1 fully saturated rings. The van der Waals surface area contributed by atoms with Gasteiger partial charge in [-0.2, -0.15) is 10.2 Å². The minimum Gasteiger partial charge on any atom is -0.511 e. The van der Waals surface area contributed by atoms with E-state index in [1.165, 1.54) is 0 Å². The third kappa shape index (κ3) is 3.85. The molecule has 0 amide bonds. The molecule has 0 saturated heterocycles. The second-order valence-electron chi connectivity index (χ2n) is 11.0. The zero-order valence-electron chi connectivity index (χ0n) is 21.3. The van der Waals surface area contributed by atoms with Gasteiger partial charge in [0.25, 0.3) is 0 Å². The Morgan fingerprint density at radius 3 is 2.70 bits per heavy atom. The Hall–Kier alpha value is -3.53. The van der Waals surface area contributed by atoms with E-state index in [2.05, 4.69) is 18.0 Å². The van der Waals surface area contributed by atoms with Crippen LogP contribution in [0.15, 0.2) is 41.7 Å². The number of alkyl halides is 1. The van der Waals surface area contributed by atoms with Gasteiger partial charge in [0.05, 0.1) is 28.5 Å². The maximum absolute atomic E-state index is 13.8. The summed E-state index contributed by atoms with van der Waals surface area (Å²) in [5.74, 6) is 1.30. The SMILES string of the molecule is C[C@H]1C(O)=C(C#N)C[C@@]2(C)c3nc(-c4cc(CF)nc5ccccc45)nc(OC4CCCC4)c3CC[C@H]12. The van der Waals surface area contributed by atoms with Crippen molar-refractivity contribution in [1.29, 1.82) is 5.26 Å². The predicted octanol–water partition coefficient (Wildman–Crippen LogP) is 6.68. The van der Waals surface area contributed by atoms with Crippen molar-refractivity contribution >= 4 is 10.9 Å². The van der Waals surface area contributed by atoms with E-state index in [0.29, 0.717) is 34.9 Å². The first-order valence-corrected chi connectivity index (χ1v) is 13.3. The lowest BCUT2D eigenvalue weighted by atomic mass is 9.57. The van der Waals surface area contributed by atoms with Crippen LogP contribution in [0.3, 0.4) is 0 Å². The molecule has 3 aliphatic carbocycles. The van der Waals surface area contributed by atoms with Crippen LogP contribution in [0.1, 0.15) is 69.3 Å². The van der Waals surface area contributed by atoms with Crippen LogP contribution in [0.4, 0.5) is 4.39 Å². The summed E-state index contributed by atoms with van der Waals surface area (Å²) in [5.41, 5.74) is 3.62. The molecule has 3 aliphatic rings. The molecule has 6 rings (SSSR count). The molecule has 1 N–H and O–H groups in total. The standard InChI is InChI=1S/C30H31FN4O2/c1-17-24-12-11-22-27(30(24,2)14-18(16-32)26(17)36)34-28(35-29(22)37-20-7-3-4-8-20)23-13-19(15-31)33-25-10-6-5-9-21(23)25/h5-6,9-10,13,17,20,24,36H,3-4,7-8,11-12,14-15H2,1-2H3/t17-,24-,30-/m1/s1. The molecule has 0 bridgehead atoms. The maximum atomic E-state index is 13.8. The van der Waals surface area contributed by atoms with Crippen molar-refractivity contribution in [2.45, 2.75) is 77.0 Å². The predicted molar refractivity (Wildman–Crippen MR) is 139 cm³/mol. The van der Waals surface area contributed by atoms with E-state index in [1.807, 2.05) is 31.2 Å². The number of nitriles is 1. The molecule has 37 heavy (non-hydrogen) atoms. The van der Waals surface area contributed by atoms with Gasteiger partial charge in [0.15, 0.2) is 5.82 Å². The second-order valence-corrected chi connectivity index (χ2v) is 11.0. The monoisotopic (exact) mass is 498 g/mol. The third-order valence-electron chi connectivity index (χ3n) is 8.78. The number of aromatic nitrogens is 3. The van der Waals surface area contributed by atoms with Crippen LogP contribution in [-0.2, 0) is 18.5 Å². The van der Waals surface area contributed by atoms with Gasteiger partial charge < -0.3 is 9.84 Å². The average molecular weight is 499 g/mol. The molecule has 0 unspecified atom stereocenters. The molecule has 3 atom stereocenters.